The number of amides is 1. The largest absolute Gasteiger partial charge is 0.497 e. The third kappa shape index (κ3) is 4.93. The molecule has 1 aromatic carbocycles. The number of carbonyl (C=O) groups excluding carboxylic acids is 1. The van der Waals surface area contributed by atoms with Crippen LogP contribution in [0.4, 0.5) is 5.69 Å². The molecule has 0 saturated heterocycles. The molecule has 0 saturated carbocycles. The molecule has 25 heavy (non-hydrogen) atoms. The van der Waals surface area contributed by atoms with Gasteiger partial charge in [0.05, 0.1) is 19.1 Å². The second-order valence-electron chi connectivity index (χ2n) is 5.51. The Morgan fingerprint density at radius 1 is 1.28 bits per heavy atom. The number of ether oxygens (including phenoxy) is 1. The summed E-state index contributed by atoms with van der Waals surface area (Å²) in [5, 5.41) is 2.75. The zero-order valence-electron chi connectivity index (χ0n) is 14.3. The molecule has 1 N–H and O–H groups in total. The van der Waals surface area contributed by atoms with Gasteiger partial charge in [0.25, 0.3) is 0 Å². The van der Waals surface area contributed by atoms with Crippen molar-refractivity contribution in [3.05, 3.63) is 54.4 Å². The van der Waals surface area contributed by atoms with E-state index in [2.05, 4.69) is 10.3 Å². The monoisotopic (exact) mass is 363 g/mol. The van der Waals surface area contributed by atoms with Crippen molar-refractivity contribution in [2.24, 2.45) is 0 Å². The molecule has 7 nitrogen and oxygen atoms in total. The van der Waals surface area contributed by atoms with Gasteiger partial charge in [-0.3, -0.25) is 14.1 Å². The molecule has 0 bridgehead atoms. The van der Waals surface area contributed by atoms with Crippen LogP contribution < -0.4 is 14.4 Å². The van der Waals surface area contributed by atoms with Gasteiger partial charge in [-0.05, 0) is 36.8 Å². The van der Waals surface area contributed by atoms with Crippen molar-refractivity contribution in [2.75, 3.05) is 17.7 Å². The number of hydrogen-bond acceptors (Lipinski definition) is 5. The molecule has 1 atom stereocenters. The van der Waals surface area contributed by atoms with Crippen LogP contribution in [-0.2, 0) is 21.4 Å². The predicted molar refractivity (Wildman–Crippen MR) is 95.9 cm³/mol. The van der Waals surface area contributed by atoms with E-state index in [1.165, 1.54) is 7.11 Å². The first-order chi connectivity index (χ1) is 11.8. The smallest absolute Gasteiger partial charge is 0.243 e. The van der Waals surface area contributed by atoms with Crippen LogP contribution in [0, 0.1) is 0 Å². The Balaban J connectivity index is 2.20. The Labute approximate surface area is 147 Å². The average Bonchev–Trinajstić information content (AvgIpc) is 2.59. The van der Waals surface area contributed by atoms with E-state index in [9.17, 15) is 13.2 Å². The summed E-state index contributed by atoms with van der Waals surface area (Å²) in [4.78, 5) is 16.4. The van der Waals surface area contributed by atoms with E-state index in [4.69, 9.17) is 4.74 Å². The summed E-state index contributed by atoms with van der Waals surface area (Å²) in [6.45, 7) is 1.84. The Morgan fingerprint density at radius 3 is 2.56 bits per heavy atom. The lowest BCUT2D eigenvalue weighted by molar-refractivity contribution is -0.122. The number of methoxy groups -OCH3 is 1. The van der Waals surface area contributed by atoms with Gasteiger partial charge >= 0.3 is 0 Å². The van der Waals surface area contributed by atoms with Gasteiger partial charge in [0, 0.05) is 25.0 Å². The molecule has 1 amide bonds. The van der Waals surface area contributed by atoms with E-state index in [0.717, 1.165) is 16.1 Å². The SMILES string of the molecule is COc1cccc(N([C@@H](C)C(=O)NCc2ccncc2)S(C)(=O)=O)c1. The first-order valence-corrected chi connectivity index (χ1v) is 9.48. The molecule has 0 radical (unpaired) electrons. The van der Waals surface area contributed by atoms with Crippen molar-refractivity contribution in [3.63, 3.8) is 0 Å². The first kappa shape index (κ1) is 18.7. The summed E-state index contributed by atoms with van der Waals surface area (Å²) in [6, 6.07) is 9.22. The lowest BCUT2D eigenvalue weighted by atomic mass is 10.2. The second kappa shape index (κ2) is 7.98. The van der Waals surface area contributed by atoms with E-state index >= 15 is 0 Å². The lowest BCUT2D eigenvalue weighted by Gasteiger charge is -2.28. The summed E-state index contributed by atoms with van der Waals surface area (Å²) in [7, 11) is -2.17. The number of pyridine rings is 1. The van der Waals surface area contributed by atoms with Crippen LogP contribution >= 0.6 is 0 Å². The van der Waals surface area contributed by atoms with Crippen molar-refractivity contribution in [3.8, 4) is 5.75 Å². The van der Waals surface area contributed by atoms with E-state index in [0.29, 0.717) is 18.0 Å². The molecule has 2 rings (SSSR count). The van der Waals surface area contributed by atoms with Crippen LogP contribution in [0.3, 0.4) is 0 Å². The summed E-state index contributed by atoms with van der Waals surface area (Å²) >= 11 is 0. The van der Waals surface area contributed by atoms with Crippen molar-refractivity contribution < 1.29 is 17.9 Å². The molecule has 134 valence electrons. The molecule has 8 heteroatoms. The number of benzene rings is 1. The maximum absolute atomic E-state index is 12.5. The van der Waals surface area contributed by atoms with Crippen LogP contribution in [0.25, 0.3) is 0 Å². The number of carbonyl (C=O) groups is 1. The third-order valence-corrected chi connectivity index (χ3v) is 4.85. The Hall–Kier alpha value is -2.61. The topological polar surface area (TPSA) is 88.6 Å². The van der Waals surface area contributed by atoms with E-state index in [1.54, 1.807) is 55.7 Å². The van der Waals surface area contributed by atoms with E-state index in [1.807, 2.05) is 0 Å². The van der Waals surface area contributed by atoms with Crippen LogP contribution in [0.5, 0.6) is 5.75 Å². The van der Waals surface area contributed by atoms with Gasteiger partial charge in [-0.2, -0.15) is 0 Å². The molecule has 0 unspecified atom stereocenters. The fourth-order valence-electron chi connectivity index (χ4n) is 2.39. The number of nitrogens with one attached hydrogen (secondary N) is 1. The van der Waals surface area contributed by atoms with Gasteiger partial charge in [0.2, 0.25) is 15.9 Å². The number of anilines is 1. The summed E-state index contributed by atoms with van der Waals surface area (Å²) < 4.78 is 30.7. The lowest BCUT2D eigenvalue weighted by Crippen LogP contribution is -2.47. The van der Waals surface area contributed by atoms with Gasteiger partial charge < -0.3 is 10.1 Å². The Morgan fingerprint density at radius 2 is 1.96 bits per heavy atom. The fraction of sp³-hybridized carbons (Fsp3) is 0.294. The van der Waals surface area contributed by atoms with Crippen molar-refractivity contribution in [1.82, 2.24) is 10.3 Å². The molecule has 2 aromatic rings. The fourth-order valence-corrected chi connectivity index (χ4v) is 3.56. The number of hydrogen-bond donors (Lipinski definition) is 1. The Kier molecular flexibility index (Phi) is 5.97. The zero-order valence-corrected chi connectivity index (χ0v) is 15.2. The number of rotatable bonds is 7. The summed E-state index contributed by atoms with van der Waals surface area (Å²) in [5.74, 6) is 0.112. The molecule has 0 aliphatic carbocycles. The van der Waals surface area contributed by atoms with Crippen molar-refractivity contribution >= 4 is 21.6 Å². The summed E-state index contributed by atoms with van der Waals surface area (Å²) in [6.07, 6.45) is 4.33. The number of aromatic nitrogens is 1. The van der Waals surface area contributed by atoms with Crippen LogP contribution in [0.2, 0.25) is 0 Å². The molecule has 0 aliphatic rings. The first-order valence-electron chi connectivity index (χ1n) is 7.63. The highest BCUT2D eigenvalue weighted by molar-refractivity contribution is 7.92. The standard InChI is InChI=1S/C17H21N3O4S/c1-13(17(21)19-12-14-7-9-18-10-8-14)20(25(3,22)23)15-5-4-6-16(11-15)24-2/h4-11,13H,12H2,1-3H3,(H,19,21)/t13-/m0/s1. The number of nitrogens with zero attached hydrogens (tertiary/aromatic N) is 2. The van der Waals surface area contributed by atoms with Crippen molar-refractivity contribution in [2.45, 2.75) is 19.5 Å². The maximum atomic E-state index is 12.5. The van der Waals surface area contributed by atoms with Gasteiger partial charge in [-0.15, -0.1) is 0 Å². The maximum Gasteiger partial charge on any atom is 0.243 e. The van der Waals surface area contributed by atoms with Crippen LogP contribution in [0.15, 0.2) is 48.8 Å². The Bertz CT molecular complexity index is 825. The average molecular weight is 363 g/mol. The van der Waals surface area contributed by atoms with E-state index < -0.39 is 22.0 Å². The van der Waals surface area contributed by atoms with Gasteiger partial charge in [0.1, 0.15) is 11.8 Å². The molecule has 1 heterocycles. The van der Waals surface area contributed by atoms with E-state index in [-0.39, 0.29) is 0 Å². The molecular formula is C17H21N3O4S. The minimum atomic E-state index is -3.66. The summed E-state index contributed by atoms with van der Waals surface area (Å²) in [5.41, 5.74) is 1.25. The normalized spacial score (nSPS) is 12.3. The van der Waals surface area contributed by atoms with Gasteiger partial charge in [-0.1, -0.05) is 6.07 Å². The minimum Gasteiger partial charge on any atom is -0.497 e. The van der Waals surface area contributed by atoms with Gasteiger partial charge in [-0.25, -0.2) is 8.42 Å². The minimum absolute atomic E-state index is 0.293. The zero-order chi connectivity index (χ0) is 18.4. The van der Waals surface area contributed by atoms with Gasteiger partial charge in [0.15, 0.2) is 0 Å². The highest BCUT2D eigenvalue weighted by Crippen LogP contribution is 2.25. The predicted octanol–water partition coefficient (Wildman–Crippen LogP) is 1.56. The molecule has 0 fully saturated rings. The molecule has 0 aliphatic heterocycles. The number of sulfonamides is 1. The van der Waals surface area contributed by atoms with Crippen molar-refractivity contribution in [1.29, 1.82) is 0 Å². The quantitative estimate of drug-likeness (QED) is 0.806. The van der Waals surface area contributed by atoms with Crippen LogP contribution in [-0.4, -0.2) is 38.7 Å². The second-order valence-corrected chi connectivity index (χ2v) is 7.37. The third-order valence-electron chi connectivity index (χ3n) is 3.61. The van der Waals surface area contributed by atoms with Crippen LogP contribution in [0.1, 0.15) is 12.5 Å². The molecular weight excluding hydrogens is 342 g/mol. The molecule has 0 spiro atoms. The molecule has 1 aromatic heterocycles. The highest BCUT2D eigenvalue weighted by atomic mass is 32.2. The highest BCUT2D eigenvalue weighted by Gasteiger charge is 2.29.